The van der Waals surface area contributed by atoms with Gasteiger partial charge >= 0.3 is 0 Å². The van der Waals surface area contributed by atoms with Crippen LogP contribution in [0.3, 0.4) is 0 Å². The molecule has 0 saturated heterocycles. The Labute approximate surface area is 122 Å². The maximum absolute atomic E-state index is 6.12. The van der Waals surface area contributed by atoms with Crippen molar-refractivity contribution in [3.8, 4) is 11.5 Å². The van der Waals surface area contributed by atoms with Gasteiger partial charge in [0.05, 0.1) is 10.0 Å². The maximum atomic E-state index is 6.12. The quantitative estimate of drug-likeness (QED) is 0.945. The summed E-state index contributed by atoms with van der Waals surface area (Å²) in [5.74, 6) is 0.498. The van der Waals surface area contributed by atoms with Gasteiger partial charge in [0, 0.05) is 30.0 Å². The number of halogens is 2. The third kappa shape index (κ3) is 3.62. The summed E-state index contributed by atoms with van der Waals surface area (Å²) in [6, 6.07) is 3.58. The molecule has 1 unspecified atom stereocenters. The minimum Gasteiger partial charge on any atom is -0.328 e. The van der Waals surface area contributed by atoms with E-state index in [1.165, 1.54) is 6.20 Å². The van der Waals surface area contributed by atoms with Gasteiger partial charge in [-0.15, -0.1) is 0 Å². The average Bonchev–Trinajstić information content (AvgIpc) is 2.26. The molecular formula is C13H14Cl2N4. The molecule has 2 rings (SSSR count). The first-order valence-corrected chi connectivity index (χ1v) is 6.63. The SMILES string of the molecule is Cc1cc(CC(C)N)nc(-c2ncc(Cl)cc2Cl)n1. The third-order valence-electron chi connectivity index (χ3n) is 2.46. The normalized spacial score (nSPS) is 12.5. The Bertz CT molecular complexity index is 599. The molecule has 0 bridgehead atoms. The van der Waals surface area contributed by atoms with Crippen LogP contribution in [0.1, 0.15) is 18.3 Å². The number of aromatic nitrogens is 3. The molecule has 100 valence electrons. The smallest absolute Gasteiger partial charge is 0.180 e. The highest BCUT2D eigenvalue weighted by atomic mass is 35.5. The Morgan fingerprint density at radius 2 is 2.00 bits per heavy atom. The summed E-state index contributed by atoms with van der Waals surface area (Å²) < 4.78 is 0. The van der Waals surface area contributed by atoms with E-state index >= 15 is 0 Å². The lowest BCUT2D eigenvalue weighted by molar-refractivity contribution is 0.719. The van der Waals surface area contributed by atoms with Crippen molar-refractivity contribution in [1.82, 2.24) is 15.0 Å². The molecule has 4 nitrogen and oxygen atoms in total. The van der Waals surface area contributed by atoms with E-state index in [4.69, 9.17) is 28.9 Å². The van der Waals surface area contributed by atoms with Crippen LogP contribution in [0, 0.1) is 6.92 Å². The zero-order chi connectivity index (χ0) is 14.0. The molecule has 0 aliphatic heterocycles. The van der Waals surface area contributed by atoms with Crippen LogP contribution in [0.5, 0.6) is 0 Å². The summed E-state index contributed by atoms with van der Waals surface area (Å²) in [6.07, 6.45) is 2.21. The molecule has 0 radical (unpaired) electrons. The van der Waals surface area contributed by atoms with Crippen LogP contribution in [0.25, 0.3) is 11.5 Å². The van der Waals surface area contributed by atoms with Crippen LogP contribution in [0.4, 0.5) is 0 Å². The number of hydrogen-bond donors (Lipinski definition) is 1. The first-order chi connectivity index (χ1) is 8.95. The van der Waals surface area contributed by atoms with Crippen LogP contribution < -0.4 is 5.73 Å². The van der Waals surface area contributed by atoms with Crippen molar-refractivity contribution in [2.75, 3.05) is 0 Å². The van der Waals surface area contributed by atoms with Gasteiger partial charge in [-0.2, -0.15) is 0 Å². The van der Waals surface area contributed by atoms with Gasteiger partial charge in [0.2, 0.25) is 0 Å². The van der Waals surface area contributed by atoms with Gasteiger partial charge in [-0.25, -0.2) is 15.0 Å². The summed E-state index contributed by atoms with van der Waals surface area (Å²) in [5.41, 5.74) is 8.06. The largest absolute Gasteiger partial charge is 0.328 e. The molecule has 2 heterocycles. The van der Waals surface area contributed by atoms with Crippen molar-refractivity contribution in [3.63, 3.8) is 0 Å². The van der Waals surface area contributed by atoms with Gasteiger partial charge in [-0.3, -0.25) is 0 Å². The van der Waals surface area contributed by atoms with Crippen LogP contribution in [-0.2, 0) is 6.42 Å². The Balaban J connectivity index is 2.46. The molecule has 0 aromatic carbocycles. The summed E-state index contributed by atoms with van der Waals surface area (Å²) in [7, 11) is 0. The second-order valence-corrected chi connectivity index (χ2v) is 5.33. The van der Waals surface area contributed by atoms with E-state index < -0.39 is 0 Å². The minimum atomic E-state index is 0.0378. The van der Waals surface area contributed by atoms with Crippen molar-refractivity contribution in [2.45, 2.75) is 26.3 Å². The van der Waals surface area contributed by atoms with E-state index in [9.17, 15) is 0 Å². The molecule has 0 aliphatic rings. The fraction of sp³-hybridized carbons (Fsp3) is 0.308. The molecule has 6 heteroatoms. The number of nitrogens with zero attached hydrogens (tertiary/aromatic N) is 3. The van der Waals surface area contributed by atoms with Crippen molar-refractivity contribution in [3.05, 3.63) is 39.8 Å². The van der Waals surface area contributed by atoms with Gasteiger partial charge in [-0.1, -0.05) is 23.2 Å². The number of rotatable bonds is 3. The predicted molar refractivity (Wildman–Crippen MR) is 77.4 cm³/mol. The molecule has 0 saturated carbocycles. The maximum Gasteiger partial charge on any atom is 0.180 e. The molecular weight excluding hydrogens is 283 g/mol. The number of pyridine rings is 1. The highest BCUT2D eigenvalue weighted by molar-refractivity contribution is 6.35. The van der Waals surface area contributed by atoms with E-state index in [1.807, 2.05) is 19.9 Å². The topological polar surface area (TPSA) is 64.7 Å². The van der Waals surface area contributed by atoms with Crippen LogP contribution in [0.2, 0.25) is 10.0 Å². The fourth-order valence-corrected chi connectivity index (χ4v) is 2.22. The standard InChI is InChI=1S/C13H14Cl2N4/c1-7(16)3-10-4-8(2)18-13(19-10)12-11(15)5-9(14)6-17-12/h4-7H,3,16H2,1-2H3. The van der Waals surface area contributed by atoms with E-state index in [0.717, 1.165) is 11.4 Å². The number of aryl methyl sites for hydroxylation is 1. The molecule has 0 aliphatic carbocycles. The van der Waals surface area contributed by atoms with E-state index in [1.54, 1.807) is 6.07 Å². The molecule has 2 aromatic rings. The summed E-state index contributed by atoms with van der Waals surface area (Å²) >= 11 is 12.0. The van der Waals surface area contributed by atoms with Gasteiger partial charge < -0.3 is 5.73 Å². The summed E-state index contributed by atoms with van der Waals surface area (Å²) in [6.45, 7) is 3.84. The van der Waals surface area contributed by atoms with Crippen LogP contribution in [-0.4, -0.2) is 21.0 Å². The average molecular weight is 297 g/mol. The molecule has 0 fully saturated rings. The van der Waals surface area contributed by atoms with E-state index in [2.05, 4.69) is 15.0 Å². The minimum absolute atomic E-state index is 0.0378. The molecule has 19 heavy (non-hydrogen) atoms. The van der Waals surface area contributed by atoms with Crippen LogP contribution >= 0.6 is 23.2 Å². The summed E-state index contributed by atoms with van der Waals surface area (Å²) in [4.78, 5) is 13.0. The second-order valence-electron chi connectivity index (χ2n) is 4.49. The Hall–Kier alpha value is -1.23. The van der Waals surface area contributed by atoms with E-state index in [-0.39, 0.29) is 6.04 Å². The van der Waals surface area contributed by atoms with Gasteiger partial charge in [-0.05, 0) is 26.0 Å². The van der Waals surface area contributed by atoms with Gasteiger partial charge in [0.15, 0.2) is 5.82 Å². The lowest BCUT2D eigenvalue weighted by Crippen LogP contribution is -2.19. The Kier molecular flexibility index (Phi) is 4.34. The third-order valence-corrected chi connectivity index (χ3v) is 2.95. The Morgan fingerprint density at radius 1 is 1.26 bits per heavy atom. The van der Waals surface area contributed by atoms with E-state index in [0.29, 0.717) is 28.0 Å². The van der Waals surface area contributed by atoms with Gasteiger partial charge in [0.1, 0.15) is 5.69 Å². The highest BCUT2D eigenvalue weighted by Gasteiger charge is 2.11. The molecule has 1 atom stereocenters. The lowest BCUT2D eigenvalue weighted by Gasteiger charge is -2.08. The fourth-order valence-electron chi connectivity index (χ4n) is 1.75. The highest BCUT2D eigenvalue weighted by Crippen LogP contribution is 2.25. The van der Waals surface area contributed by atoms with Crippen molar-refractivity contribution < 1.29 is 0 Å². The lowest BCUT2D eigenvalue weighted by atomic mass is 10.1. The number of nitrogens with two attached hydrogens (primary N) is 1. The zero-order valence-corrected chi connectivity index (χ0v) is 12.2. The summed E-state index contributed by atoms with van der Waals surface area (Å²) in [5, 5.41) is 0.919. The first kappa shape index (κ1) is 14.2. The monoisotopic (exact) mass is 296 g/mol. The van der Waals surface area contributed by atoms with Crippen molar-refractivity contribution in [1.29, 1.82) is 0 Å². The first-order valence-electron chi connectivity index (χ1n) is 5.87. The molecule has 2 aromatic heterocycles. The Morgan fingerprint density at radius 3 is 2.63 bits per heavy atom. The predicted octanol–water partition coefficient (Wildman–Crippen LogP) is 3.04. The van der Waals surface area contributed by atoms with Crippen LogP contribution in [0.15, 0.2) is 18.3 Å². The number of hydrogen-bond acceptors (Lipinski definition) is 4. The zero-order valence-electron chi connectivity index (χ0n) is 10.7. The molecule has 0 amide bonds. The molecule has 2 N–H and O–H groups in total. The molecule has 0 spiro atoms. The van der Waals surface area contributed by atoms with Crippen molar-refractivity contribution >= 4 is 23.2 Å². The second kappa shape index (κ2) is 5.82. The van der Waals surface area contributed by atoms with Crippen molar-refractivity contribution in [2.24, 2.45) is 5.73 Å². The van der Waals surface area contributed by atoms with Gasteiger partial charge in [0.25, 0.3) is 0 Å².